The number of rotatable bonds is 9. The van der Waals surface area contributed by atoms with E-state index < -0.39 is 8.07 Å². The second-order valence-corrected chi connectivity index (χ2v) is 17.1. The summed E-state index contributed by atoms with van der Waals surface area (Å²) in [6.07, 6.45) is 23.3. The summed E-state index contributed by atoms with van der Waals surface area (Å²) in [5, 5.41) is 3.87. The predicted molar refractivity (Wildman–Crippen MR) is 180 cm³/mol. The van der Waals surface area contributed by atoms with E-state index in [1.165, 1.54) is 123 Å². The van der Waals surface area contributed by atoms with Crippen molar-refractivity contribution in [3.8, 4) is 0 Å². The van der Waals surface area contributed by atoms with Crippen LogP contribution in [0.15, 0.2) is 79.5 Å². The van der Waals surface area contributed by atoms with Crippen LogP contribution >= 0.6 is 0 Å². The van der Waals surface area contributed by atoms with Crippen LogP contribution in [-0.4, -0.2) is 92.9 Å². The first kappa shape index (κ1) is 29.8. The van der Waals surface area contributed by atoms with Crippen LogP contribution in [0.2, 0.25) is 6.04 Å². The van der Waals surface area contributed by atoms with Crippen molar-refractivity contribution in [2.45, 2.75) is 69.5 Å². The molecule has 0 aromatic carbocycles. The Kier molecular flexibility index (Phi) is 10.9. The molecule has 1 atom stereocenters. The largest absolute Gasteiger partial charge is 0.368 e. The molecule has 1 unspecified atom stereocenters. The number of nitrogens with zero attached hydrogens (tertiary/aromatic N) is 3. The quantitative estimate of drug-likeness (QED) is 0.266. The van der Waals surface area contributed by atoms with E-state index in [4.69, 9.17) is 0 Å². The fourth-order valence-corrected chi connectivity index (χ4v) is 12.0. The number of hydrogen-bond donors (Lipinski definition) is 3. The molecule has 222 valence electrons. The van der Waals surface area contributed by atoms with Gasteiger partial charge in [-0.3, -0.25) is 0 Å². The Morgan fingerprint density at radius 2 is 1.12 bits per heavy atom. The molecule has 3 N–H and O–H groups in total. The number of hydrogen-bond acceptors (Lipinski definition) is 3. The summed E-state index contributed by atoms with van der Waals surface area (Å²) < 4.78 is 0. The molecular weight excluding hydrogens is 537 g/mol. The van der Waals surface area contributed by atoms with E-state index in [1.54, 1.807) is 5.82 Å². The minimum absolute atomic E-state index is 0.735. The van der Waals surface area contributed by atoms with E-state index in [0.717, 1.165) is 11.7 Å². The van der Waals surface area contributed by atoms with E-state index in [0.29, 0.717) is 0 Å². The molecule has 3 saturated heterocycles. The average Bonchev–Trinajstić information content (AvgIpc) is 3.85. The third-order valence-corrected chi connectivity index (χ3v) is 15.0. The van der Waals surface area contributed by atoms with Gasteiger partial charge >= 0.3 is 0 Å². The zero-order valence-corrected chi connectivity index (χ0v) is 28.3. The van der Waals surface area contributed by atoms with Gasteiger partial charge in [0, 0.05) is 76.6 Å². The third kappa shape index (κ3) is 7.21. The second-order valence-electron chi connectivity index (χ2n) is 12.1. The molecule has 3 aliphatic heterocycles. The first-order valence-corrected chi connectivity index (χ1v) is 19.6. The lowest BCUT2D eigenvalue weighted by Crippen LogP contribution is -2.68. The van der Waals surface area contributed by atoms with Gasteiger partial charge in [0.15, 0.2) is 0 Å². The lowest BCUT2D eigenvalue weighted by molar-refractivity contribution is 0.160. The van der Waals surface area contributed by atoms with Gasteiger partial charge in [0.25, 0.3) is 0 Å². The van der Waals surface area contributed by atoms with Crippen molar-refractivity contribution in [3.05, 3.63) is 79.5 Å². The van der Waals surface area contributed by atoms with Crippen molar-refractivity contribution in [2.75, 3.05) is 39.3 Å². The van der Waals surface area contributed by atoms with Crippen LogP contribution in [0.1, 0.15) is 57.8 Å². The Hall–Kier alpha value is -2.69. The molecule has 0 saturated carbocycles. The molecule has 3 aromatic rings. The fraction of sp³-hybridized carbons (Fsp3) is 0.515. The zero-order valence-electron chi connectivity index (χ0n) is 25.3. The molecule has 0 aliphatic carbocycles. The van der Waals surface area contributed by atoms with Gasteiger partial charge in [-0.15, -0.1) is 6.58 Å². The summed E-state index contributed by atoms with van der Waals surface area (Å²) in [4.78, 5) is 18.4. The van der Waals surface area contributed by atoms with E-state index in [9.17, 15) is 0 Å². The standard InChI is InChI=1S/C18H35N3Si.C15H17N3Si/c22-18(21-14-8-3-9-15-21)16-17(19-10-4-1-5-11-19)20-12-6-2-7-13-20;1-2-12-19(13-6-3-9-16-13,14-7-4-10-17-14)15-8-5-11-18-15/h16,18H,1-15H2,22H3;2-11,16-18H,1,12H2. The van der Waals surface area contributed by atoms with Gasteiger partial charge in [-0.25, -0.2) is 0 Å². The highest BCUT2D eigenvalue weighted by molar-refractivity contribution is 7.10. The van der Waals surface area contributed by atoms with E-state index in [1.807, 2.05) is 24.7 Å². The van der Waals surface area contributed by atoms with Gasteiger partial charge in [-0.2, -0.15) is 0 Å². The SMILES string of the molecule is C=CC[Si](c1ccc[nH]1)(c1ccc[nH]1)c1ccc[nH]1.[SiH3]C(C=C(N1CCCCC1)N1CCCCC1)N1CCCCC1. The monoisotopic (exact) mass is 588 g/mol. The Balaban J connectivity index is 0.000000166. The highest BCUT2D eigenvalue weighted by Crippen LogP contribution is 2.23. The predicted octanol–water partition coefficient (Wildman–Crippen LogP) is 3.30. The molecule has 0 spiro atoms. The Morgan fingerprint density at radius 1 is 0.707 bits per heavy atom. The molecule has 0 bridgehead atoms. The number of piperidine rings is 3. The first-order valence-electron chi connectivity index (χ1n) is 16.2. The van der Waals surface area contributed by atoms with Crippen LogP contribution in [0, 0.1) is 0 Å². The Morgan fingerprint density at radius 3 is 1.49 bits per heavy atom. The smallest absolute Gasteiger partial charge is 0.209 e. The van der Waals surface area contributed by atoms with Crippen molar-refractivity contribution in [2.24, 2.45) is 0 Å². The number of aromatic amines is 3. The van der Waals surface area contributed by atoms with Crippen molar-refractivity contribution >= 4 is 34.3 Å². The minimum Gasteiger partial charge on any atom is -0.368 e. The lowest BCUT2D eigenvalue weighted by atomic mass is 10.1. The molecule has 41 heavy (non-hydrogen) atoms. The van der Waals surface area contributed by atoms with E-state index >= 15 is 0 Å². The maximum absolute atomic E-state index is 3.97. The first-order chi connectivity index (χ1) is 20.2. The molecule has 3 aliphatic rings. The summed E-state index contributed by atoms with van der Waals surface area (Å²) in [6.45, 7) is 11.8. The fourth-order valence-electron chi connectivity index (χ4n) is 7.07. The van der Waals surface area contributed by atoms with Crippen LogP contribution in [-0.2, 0) is 0 Å². The lowest BCUT2D eigenvalue weighted by Gasteiger charge is -2.41. The Bertz CT molecular complexity index is 1050. The molecular formula is C33H52N6Si2. The highest BCUT2D eigenvalue weighted by atomic mass is 28.3. The zero-order chi connectivity index (χ0) is 28.3. The number of likely N-dealkylation sites (tertiary alicyclic amines) is 3. The number of H-pyrrole nitrogens is 3. The molecule has 6 nitrogen and oxygen atoms in total. The van der Waals surface area contributed by atoms with Crippen molar-refractivity contribution in [1.29, 1.82) is 0 Å². The maximum atomic E-state index is 3.97. The minimum atomic E-state index is -2.05. The van der Waals surface area contributed by atoms with Gasteiger partial charge in [0.2, 0.25) is 8.07 Å². The molecule has 6 heterocycles. The van der Waals surface area contributed by atoms with Crippen LogP contribution < -0.4 is 16.0 Å². The molecule has 8 heteroatoms. The van der Waals surface area contributed by atoms with Crippen LogP contribution in [0.5, 0.6) is 0 Å². The van der Waals surface area contributed by atoms with Gasteiger partial charge in [-0.05, 0) is 113 Å². The number of allylic oxidation sites excluding steroid dienone is 1. The highest BCUT2D eigenvalue weighted by Gasteiger charge is 2.41. The van der Waals surface area contributed by atoms with Crippen molar-refractivity contribution in [1.82, 2.24) is 29.7 Å². The average molecular weight is 589 g/mol. The van der Waals surface area contributed by atoms with E-state index in [-0.39, 0.29) is 0 Å². The maximum Gasteiger partial charge on any atom is 0.209 e. The van der Waals surface area contributed by atoms with Crippen LogP contribution in [0.4, 0.5) is 0 Å². The normalized spacial score (nSPS) is 19.3. The number of aromatic nitrogens is 3. The molecule has 3 aromatic heterocycles. The summed E-state index contributed by atoms with van der Waals surface area (Å²) in [6, 6.07) is 13.7. The third-order valence-electron chi connectivity index (χ3n) is 9.34. The second kappa shape index (κ2) is 15.0. The summed E-state index contributed by atoms with van der Waals surface area (Å²) in [5.74, 6) is 1.60. The van der Waals surface area contributed by atoms with Gasteiger partial charge in [-0.1, -0.05) is 12.5 Å². The number of nitrogens with one attached hydrogen (secondary N) is 3. The van der Waals surface area contributed by atoms with Gasteiger partial charge in [0.1, 0.15) is 5.82 Å². The summed E-state index contributed by atoms with van der Waals surface area (Å²) in [5.41, 5.74) is 0.735. The van der Waals surface area contributed by atoms with Gasteiger partial charge in [0.05, 0.1) is 0 Å². The summed E-state index contributed by atoms with van der Waals surface area (Å²) in [7, 11) is -0.787. The van der Waals surface area contributed by atoms with Crippen LogP contribution in [0.25, 0.3) is 0 Å². The van der Waals surface area contributed by atoms with Crippen molar-refractivity contribution < 1.29 is 0 Å². The summed E-state index contributed by atoms with van der Waals surface area (Å²) >= 11 is 0. The Labute approximate surface area is 251 Å². The molecule has 0 amide bonds. The van der Waals surface area contributed by atoms with Crippen LogP contribution in [0.3, 0.4) is 0 Å². The van der Waals surface area contributed by atoms with Gasteiger partial charge < -0.3 is 29.7 Å². The molecule has 6 rings (SSSR count). The van der Waals surface area contributed by atoms with Crippen molar-refractivity contribution in [3.63, 3.8) is 0 Å². The topological polar surface area (TPSA) is 57.1 Å². The molecule has 0 radical (unpaired) electrons. The molecule has 3 fully saturated rings. The van der Waals surface area contributed by atoms with E-state index in [2.05, 4.69) is 78.7 Å².